The number of aryl methyl sites for hydroxylation is 1. The average Bonchev–Trinajstić information content (AvgIpc) is 2.72. The van der Waals surface area contributed by atoms with Crippen LogP contribution in [0.15, 0.2) is 47.4 Å². The molecule has 32 heavy (non-hydrogen) atoms. The maximum absolute atomic E-state index is 14.3. The summed E-state index contributed by atoms with van der Waals surface area (Å²) in [4.78, 5) is 12.5. The molecule has 2 atom stereocenters. The molecule has 4 rings (SSSR count). The smallest absolute Gasteiger partial charge is 0.419 e. The van der Waals surface area contributed by atoms with E-state index in [2.05, 4.69) is 10.4 Å². The molecule has 1 aliphatic carbocycles. The molecular formula is C23H24F3N3O3. The molecule has 0 aliphatic heterocycles. The van der Waals surface area contributed by atoms with Crippen molar-refractivity contribution >= 4 is 16.5 Å². The first-order valence-electron chi connectivity index (χ1n) is 10.1. The molecule has 1 aromatic heterocycles. The highest BCUT2D eigenvalue weighted by molar-refractivity contribution is 5.92. The lowest BCUT2D eigenvalue weighted by atomic mass is 9.63. The van der Waals surface area contributed by atoms with E-state index in [-0.39, 0.29) is 16.8 Å². The zero-order chi connectivity index (χ0) is 23.5. The summed E-state index contributed by atoms with van der Waals surface area (Å²) in [6.07, 6.45) is -4.06. The lowest BCUT2D eigenvalue weighted by Crippen LogP contribution is -2.58. The fourth-order valence-corrected chi connectivity index (χ4v) is 4.81. The van der Waals surface area contributed by atoms with Gasteiger partial charge in [0.1, 0.15) is 5.75 Å². The molecule has 3 aromatic rings. The van der Waals surface area contributed by atoms with E-state index in [0.717, 1.165) is 4.68 Å². The van der Waals surface area contributed by atoms with Gasteiger partial charge in [0.25, 0.3) is 5.56 Å². The van der Waals surface area contributed by atoms with Crippen molar-refractivity contribution < 1.29 is 23.0 Å². The topological polar surface area (TPSA) is 76.4 Å². The largest absolute Gasteiger partial charge is 0.496 e. The second-order valence-corrected chi connectivity index (χ2v) is 8.82. The third kappa shape index (κ3) is 3.23. The van der Waals surface area contributed by atoms with Crippen molar-refractivity contribution in [2.75, 3.05) is 12.4 Å². The number of ether oxygens (including phenoxy) is 1. The van der Waals surface area contributed by atoms with Crippen LogP contribution in [0.1, 0.15) is 37.4 Å². The minimum Gasteiger partial charge on any atom is -0.496 e. The average molecular weight is 447 g/mol. The second kappa shape index (κ2) is 7.23. The summed E-state index contributed by atoms with van der Waals surface area (Å²) >= 11 is 0. The monoisotopic (exact) mass is 447 g/mol. The normalized spacial score (nSPS) is 22.4. The molecule has 0 saturated carbocycles. The first kappa shape index (κ1) is 22.1. The van der Waals surface area contributed by atoms with Gasteiger partial charge in [-0.2, -0.15) is 18.3 Å². The summed E-state index contributed by atoms with van der Waals surface area (Å²) in [6, 6.07) is 8.07. The summed E-state index contributed by atoms with van der Waals surface area (Å²) in [7, 11) is 2.96. The predicted octanol–water partition coefficient (Wildman–Crippen LogP) is 4.07. The third-order valence-electron chi connectivity index (χ3n) is 6.24. The van der Waals surface area contributed by atoms with E-state index < -0.39 is 29.7 Å². The molecule has 0 radical (unpaired) electrons. The molecule has 0 bridgehead atoms. The van der Waals surface area contributed by atoms with Gasteiger partial charge in [-0.15, -0.1) is 0 Å². The fraction of sp³-hybridized carbons (Fsp3) is 0.391. The number of halogens is 3. The second-order valence-electron chi connectivity index (χ2n) is 8.82. The standard InChI is InChI=1S/C23H24F3N3O3/c1-21(2)12-22(31,23(24,25)26)19(14-8-6-10-17(32-4)18(14)21)28-16-9-5-7-13-15(16)11-27-29(3)20(13)30/h5-11,19,28,31H,12H2,1-4H3. The third-order valence-corrected chi connectivity index (χ3v) is 6.24. The van der Waals surface area contributed by atoms with Gasteiger partial charge in [0, 0.05) is 23.7 Å². The van der Waals surface area contributed by atoms with Gasteiger partial charge in [-0.3, -0.25) is 4.79 Å². The minimum atomic E-state index is -4.92. The van der Waals surface area contributed by atoms with Crippen LogP contribution in [0.4, 0.5) is 18.9 Å². The number of alkyl halides is 3. The Morgan fingerprint density at radius 1 is 1.19 bits per heavy atom. The van der Waals surface area contributed by atoms with Gasteiger partial charge in [0.2, 0.25) is 0 Å². The quantitative estimate of drug-likeness (QED) is 0.633. The maximum atomic E-state index is 14.3. The maximum Gasteiger partial charge on any atom is 0.419 e. The number of nitrogens with zero attached hydrogens (tertiary/aromatic N) is 2. The zero-order valence-electron chi connectivity index (χ0n) is 18.1. The van der Waals surface area contributed by atoms with Crippen molar-refractivity contribution in [2.24, 2.45) is 7.05 Å². The Morgan fingerprint density at radius 2 is 1.88 bits per heavy atom. The van der Waals surface area contributed by atoms with E-state index in [1.165, 1.54) is 20.4 Å². The molecule has 6 nitrogen and oxygen atoms in total. The SMILES string of the molecule is COc1cccc2c1C(C)(C)CC(O)(C(F)(F)F)C2Nc1cccc2c(=O)n(C)ncc12. The molecule has 2 N–H and O–H groups in total. The Morgan fingerprint density at radius 3 is 2.53 bits per heavy atom. The fourth-order valence-electron chi connectivity index (χ4n) is 4.81. The van der Waals surface area contributed by atoms with Crippen molar-refractivity contribution in [3.63, 3.8) is 0 Å². The lowest BCUT2D eigenvalue weighted by molar-refractivity contribution is -0.275. The van der Waals surface area contributed by atoms with Crippen LogP contribution in [-0.2, 0) is 12.5 Å². The number of nitrogens with one attached hydrogen (secondary N) is 1. The van der Waals surface area contributed by atoms with Crippen molar-refractivity contribution in [1.82, 2.24) is 9.78 Å². The summed E-state index contributed by atoms with van der Waals surface area (Å²) in [5, 5.41) is 18.7. The molecule has 2 unspecified atom stereocenters. The zero-order valence-corrected chi connectivity index (χ0v) is 18.1. The highest BCUT2D eigenvalue weighted by Gasteiger charge is 2.64. The Kier molecular flexibility index (Phi) is 5.00. The van der Waals surface area contributed by atoms with Crippen LogP contribution in [0.5, 0.6) is 5.75 Å². The number of fused-ring (bicyclic) bond motifs is 2. The molecule has 1 heterocycles. The van der Waals surface area contributed by atoms with Crippen LogP contribution in [0.3, 0.4) is 0 Å². The molecule has 0 amide bonds. The van der Waals surface area contributed by atoms with Crippen LogP contribution in [-0.4, -0.2) is 33.8 Å². The Bertz CT molecular complexity index is 1250. The predicted molar refractivity (Wildman–Crippen MR) is 115 cm³/mol. The molecular weight excluding hydrogens is 423 g/mol. The number of anilines is 1. The molecule has 2 aromatic carbocycles. The van der Waals surface area contributed by atoms with E-state index in [1.54, 1.807) is 50.2 Å². The Labute approximate surface area is 182 Å². The molecule has 1 aliphatic rings. The Balaban J connectivity index is 1.97. The number of hydrogen-bond acceptors (Lipinski definition) is 5. The number of rotatable bonds is 3. The van der Waals surface area contributed by atoms with Crippen molar-refractivity contribution in [1.29, 1.82) is 0 Å². The van der Waals surface area contributed by atoms with Crippen LogP contribution < -0.4 is 15.6 Å². The molecule has 0 spiro atoms. The highest BCUT2D eigenvalue weighted by Crippen LogP contribution is 2.56. The highest BCUT2D eigenvalue weighted by atomic mass is 19.4. The minimum absolute atomic E-state index is 0.272. The van der Waals surface area contributed by atoms with E-state index in [1.807, 2.05) is 0 Å². The van der Waals surface area contributed by atoms with Gasteiger partial charge in [0.05, 0.1) is 24.7 Å². The van der Waals surface area contributed by atoms with Gasteiger partial charge in [-0.1, -0.05) is 32.0 Å². The number of methoxy groups -OCH3 is 1. The van der Waals surface area contributed by atoms with Crippen molar-refractivity contribution in [2.45, 2.75) is 43.5 Å². The van der Waals surface area contributed by atoms with Gasteiger partial charge in [0.15, 0.2) is 5.60 Å². The Hall–Kier alpha value is -3.07. The first-order chi connectivity index (χ1) is 14.9. The number of aliphatic hydroxyl groups is 1. The lowest BCUT2D eigenvalue weighted by Gasteiger charge is -2.49. The van der Waals surface area contributed by atoms with Gasteiger partial charge in [-0.05, 0) is 35.6 Å². The first-order valence-corrected chi connectivity index (χ1v) is 10.1. The van der Waals surface area contributed by atoms with Crippen LogP contribution in [0.25, 0.3) is 10.8 Å². The van der Waals surface area contributed by atoms with Crippen LogP contribution in [0.2, 0.25) is 0 Å². The molecule has 0 saturated heterocycles. The molecule has 0 fully saturated rings. The van der Waals surface area contributed by atoms with E-state index >= 15 is 0 Å². The van der Waals surface area contributed by atoms with Gasteiger partial charge < -0.3 is 15.2 Å². The number of hydrogen-bond donors (Lipinski definition) is 2. The van der Waals surface area contributed by atoms with Gasteiger partial charge >= 0.3 is 6.18 Å². The van der Waals surface area contributed by atoms with E-state index in [9.17, 15) is 23.1 Å². The van der Waals surface area contributed by atoms with Crippen LogP contribution in [0, 0.1) is 0 Å². The van der Waals surface area contributed by atoms with Crippen molar-refractivity contribution in [3.05, 3.63) is 64.1 Å². The summed E-state index contributed by atoms with van der Waals surface area (Å²) in [5.74, 6) is 0.456. The summed E-state index contributed by atoms with van der Waals surface area (Å²) in [6.45, 7) is 3.32. The summed E-state index contributed by atoms with van der Waals surface area (Å²) in [5.41, 5.74) is -3.29. The van der Waals surface area contributed by atoms with E-state index in [0.29, 0.717) is 22.1 Å². The number of benzene rings is 2. The molecule has 170 valence electrons. The number of aromatic nitrogens is 2. The molecule has 9 heteroatoms. The van der Waals surface area contributed by atoms with Gasteiger partial charge in [-0.25, -0.2) is 4.68 Å². The summed E-state index contributed by atoms with van der Waals surface area (Å²) < 4.78 is 49.6. The van der Waals surface area contributed by atoms with Crippen molar-refractivity contribution in [3.8, 4) is 5.75 Å². The van der Waals surface area contributed by atoms with Crippen LogP contribution >= 0.6 is 0 Å². The van der Waals surface area contributed by atoms with E-state index in [4.69, 9.17) is 4.74 Å².